The molecule has 7 nitrogen and oxygen atoms in total. The number of nitrogens with one attached hydrogen (secondary N) is 1. The number of benzene rings is 1. The van der Waals surface area contributed by atoms with Gasteiger partial charge in [-0.25, -0.2) is 23.4 Å². The lowest BCUT2D eigenvalue weighted by atomic mass is 10.2. The highest BCUT2D eigenvalue weighted by atomic mass is 32.2. The molecule has 3 aromatic rings. The van der Waals surface area contributed by atoms with E-state index in [9.17, 15) is 8.42 Å². The smallest absolute Gasteiger partial charge is 0.175 e. The minimum atomic E-state index is -3.28. The normalized spacial score (nSPS) is 17.6. The molecule has 0 amide bonds. The molecule has 134 valence electrons. The SMILES string of the molecule is CS(=O)(=O)c1ccc2ncnc(N[C@@H]3CCN(c4ccccn4)C3)c2c1. The van der Waals surface area contributed by atoms with Crippen LogP contribution in [-0.2, 0) is 9.84 Å². The van der Waals surface area contributed by atoms with E-state index in [4.69, 9.17) is 0 Å². The van der Waals surface area contributed by atoms with Crippen molar-refractivity contribution in [3.05, 3.63) is 48.9 Å². The van der Waals surface area contributed by atoms with Crippen molar-refractivity contribution in [2.24, 2.45) is 0 Å². The lowest BCUT2D eigenvalue weighted by Crippen LogP contribution is -2.26. The molecule has 1 aromatic carbocycles. The van der Waals surface area contributed by atoms with E-state index in [-0.39, 0.29) is 10.9 Å². The zero-order valence-corrected chi connectivity index (χ0v) is 15.1. The van der Waals surface area contributed by atoms with Crippen molar-refractivity contribution in [2.75, 3.05) is 29.6 Å². The van der Waals surface area contributed by atoms with E-state index >= 15 is 0 Å². The minimum Gasteiger partial charge on any atom is -0.365 e. The van der Waals surface area contributed by atoms with E-state index in [1.807, 2.05) is 18.2 Å². The zero-order chi connectivity index (χ0) is 18.1. The molecular weight excluding hydrogens is 350 g/mol. The number of hydrogen-bond donors (Lipinski definition) is 1. The summed E-state index contributed by atoms with van der Waals surface area (Å²) in [6.07, 6.45) is 5.44. The lowest BCUT2D eigenvalue weighted by Gasteiger charge is -2.18. The highest BCUT2D eigenvalue weighted by molar-refractivity contribution is 7.90. The van der Waals surface area contributed by atoms with Crippen molar-refractivity contribution in [2.45, 2.75) is 17.4 Å². The molecule has 0 spiro atoms. The van der Waals surface area contributed by atoms with Crippen LogP contribution >= 0.6 is 0 Å². The second-order valence-corrected chi connectivity index (χ2v) is 8.45. The van der Waals surface area contributed by atoms with E-state index in [0.717, 1.165) is 30.8 Å². The summed E-state index contributed by atoms with van der Waals surface area (Å²) in [6, 6.07) is 11.0. The van der Waals surface area contributed by atoms with Crippen molar-refractivity contribution < 1.29 is 8.42 Å². The maximum absolute atomic E-state index is 11.9. The minimum absolute atomic E-state index is 0.206. The summed E-state index contributed by atoms with van der Waals surface area (Å²) in [5.74, 6) is 1.62. The first-order valence-electron chi connectivity index (χ1n) is 8.38. The van der Waals surface area contributed by atoms with Gasteiger partial charge in [0.2, 0.25) is 0 Å². The number of fused-ring (bicyclic) bond motifs is 1. The first kappa shape index (κ1) is 16.7. The first-order chi connectivity index (χ1) is 12.5. The molecule has 1 aliphatic rings. The van der Waals surface area contributed by atoms with Crippen molar-refractivity contribution in [1.82, 2.24) is 15.0 Å². The van der Waals surface area contributed by atoms with E-state index < -0.39 is 9.84 Å². The molecule has 0 aliphatic carbocycles. The molecule has 1 saturated heterocycles. The average Bonchev–Trinajstić information content (AvgIpc) is 3.10. The maximum Gasteiger partial charge on any atom is 0.175 e. The van der Waals surface area contributed by atoms with Gasteiger partial charge in [0.25, 0.3) is 0 Å². The van der Waals surface area contributed by atoms with Gasteiger partial charge in [0.05, 0.1) is 10.4 Å². The third kappa shape index (κ3) is 3.32. The van der Waals surface area contributed by atoms with Crippen LogP contribution in [0, 0.1) is 0 Å². The Labute approximate surface area is 152 Å². The molecule has 1 N–H and O–H groups in total. The van der Waals surface area contributed by atoms with Crippen LogP contribution in [0.3, 0.4) is 0 Å². The van der Waals surface area contributed by atoms with Crippen LogP contribution in [0.15, 0.2) is 53.8 Å². The van der Waals surface area contributed by atoms with Crippen molar-refractivity contribution in [3.63, 3.8) is 0 Å². The topological polar surface area (TPSA) is 88.1 Å². The quantitative estimate of drug-likeness (QED) is 0.753. The van der Waals surface area contributed by atoms with E-state index in [2.05, 4.69) is 25.2 Å². The number of pyridine rings is 1. The van der Waals surface area contributed by atoms with Crippen LogP contribution in [0.5, 0.6) is 0 Å². The highest BCUT2D eigenvalue weighted by Crippen LogP contribution is 2.26. The number of nitrogens with zero attached hydrogens (tertiary/aromatic N) is 4. The van der Waals surface area contributed by atoms with Gasteiger partial charge in [0.15, 0.2) is 9.84 Å². The Balaban J connectivity index is 1.59. The van der Waals surface area contributed by atoms with Gasteiger partial charge in [-0.05, 0) is 36.8 Å². The summed E-state index contributed by atoms with van der Waals surface area (Å²) < 4.78 is 23.7. The maximum atomic E-state index is 11.9. The van der Waals surface area contributed by atoms with Gasteiger partial charge >= 0.3 is 0 Å². The third-order valence-corrected chi connectivity index (χ3v) is 5.65. The number of hydrogen-bond acceptors (Lipinski definition) is 7. The van der Waals surface area contributed by atoms with E-state index in [0.29, 0.717) is 11.2 Å². The fraction of sp³-hybridized carbons (Fsp3) is 0.278. The van der Waals surface area contributed by atoms with Gasteiger partial charge in [-0.2, -0.15) is 0 Å². The summed E-state index contributed by atoms with van der Waals surface area (Å²) in [7, 11) is -3.28. The Kier molecular flexibility index (Phi) is 4.20. The molecule has 1 atom stereocenters. The summed E-state index contributed by atoms with van der Waals surface area (Å²) in [5, 5.41) is 4.16. The van der Waals surface area contributed by atoms with Gasteiger partial charge in [0, 0.05) is 37.0 Å². The molecule has 0 radical (unpaired) electrons. The van der Waals surface area contributed by atoms with Crippen LogP contribution in [0.4, 0.5) is 11.6 Å². The molecule has 3 heterocycles. The van der Waals surface area contributed by atoms with Crippen molar-refractivity contribution in [3.8, 4) is 0 Å². The third-order valence-electron chi connectivity index (χ3n) is 4.54. The Hall–Kier alpha value is -2.74. The van der Waals surface area contributed by atoms with E-state index in [1.54, 1.807) is 24.4 Å². The fourth-order valence-electron chi connectivity index (χ4n) is 3.20. The average molecular weight is 369 g/mol. The predicted octanol–water partition coefficient (Wildman–Crippen LogP) is 2.12. The Bertz CT molecular complexity index is 1040. The Morgan fingerprint density at radius 1 is 1.15 bits per heavy atom. The van der Waals surface area contributed by atoms with E-state index in [1.165, 1.54) is 12.6 Å². The molecular formula is C18H19N5O2S. The fourth-order valence-corrected chi connectivity index (χ4v) is 3.85. The second-order valence-electron chi connectivity index (χ2n) is 6.44. The first-order valence-corrected chi connectivity index (χ1v) is 10.3. The van der Waals surface area contributed by atoms with Gasteiger partial charge in [-0.3, -0.25) is 0 Å². The summed E-state index contributed by atoms with van der Waals surface area (Å²) >= 11 is 0. The molecule has 1 aliphatic heterocycles. The summed E-state index contributed by atoms with van der Waals surface area (Å²) in [6.45, 7) is 1.72. The Morgan fingerprint density at radius 3 is 2.81 bits per heavy atom. The number of anilines is 2. The van der Waals surface area contributed by atoms with Gasteiger partial charge in [-0.15, -0.1) is 0 Å². The summed E-state index contributed by atoms with van der Waals surface area (Å²) in [5.41, 5.74) is 0.717. The highest BCUT2D eigenvalue weighted by Gasteiger charge is 2.24. The molecule has 1 fully saturated rings. The molecule has 8 heteroatoms. The number of sulfone groups is 1. The molecule has 0 saturated carbocycles. The van der Waals surface area contributed by atoms with Crippen molar-refractivity contribution >= 4 is 32.4 Å². The van der Waals surface area contributed by atoms with Gasteiger partial charge in [0.1, 0.15) is 18.0 Å². The van der Waals surface area contributed by atoms with Crippen LogP contribution in [0.25, 0.3) is 10.9 Å². The monoisotopic (exact) mass is 369 g/mol. The van der Waals surface area contributed by atoms with Gasteiger partial charge in [-0.1, -0.05) is 6.07 Å². The number of rotatable bonds is 4. The standard InChI is InChI=1S/C18H19N5O2S/c1-26(24,25)14-5-6-16-15(10-14)18(21-12-20-16)22-13-7-9-23(11-13)17-4-2-3-8-19-17/h2-6,8,10,12-13H,7,9,11H2,1H3,(H,20,21,22)/t13-/m1/s1. The van der Waals surface area contributed by atoms with Gasteiger partial charge < -0.3 is 10.2 Å². The Morgan fingerprint density at radius 2 is 2.04 bits per heavy atom. The zero-order valence-electron chi connectivity index (χ0n) is 14.3. The summed E-state index contributed by atoms with van der Waals surface area (Å²) in [4.78, 5) is 15.5. The molecule has 26 heavy (non-hydrogen) atoms. The molecule has 2 aromatic heterocycles. The van der Waals surface area contributed by atoms with Crippen LogP contribution < -0.4 is 10.2 Å². The molecule has 0 bridgehead atoms. The van der Waals surface area contributed by atoms with Crippen molar-refractivity contribution in [1.29, 1.82) is 0 Å². The second kappa shape index (κ2) is 6.53. The number of aromatic nitrogens is 3. The van der Waals surface area contributed by atoms with Crippen LogP contribution in [-0.4, -0.2) is 48.8 Å². The molecule has 0 unspecified atom stereocenters. The largest absolute Gasteiger partial charge is 0.365 e. The molecule has 4 rings (SSSR count). The predicted molar refractivity (Wildman–Crippen MR) is 101 cm³/mol. The van der Waals surface area contributed by atoms with Crippen LogP contribution in [0.1, 0.15) is 6.42 Å². The van der Waals surface area contributed by atoms with Crippen LogP contribution in [0.2, 0.25) is 0 Å². The lowest BCUT2D eigenvalue weighted by molar-refractivity contribution is 0.602.